The van der Waals surface area contributed by atoms with Gasteiger partial charge in [-0.1, -0.05) is 53.5 Å². The molecular weight excluding hydrogens is 159 g/mol. The molecular formula is C7H8BO2S-. The minimum Gasteiger partial charge on any atom is -0.781 e. The first-order valence-corrected chi connectivity index (χ1v) is 4.48. The summed E-state index contributed by atoms with van der Waals surface area (Å²) in [6.45, 7) is 1.67. The molecule has 0 fully saturated rings. The Hall–Kier alpha value is -0.605. The van der Waals surface area contributed by atoms with E-state index >= 15 is 0 Å². The van der Waals surface area contributed by atoms with Crippen LogP contribution < -0.4 is 5.46 Å². The highest BCUT2D eigenvalue weighted by molar-refractivity contribution is 8.10. The van der Waals surface area contributed by atoms with Crippen molar-refractivity contribution in [1.29, 1.82) is 0 Å². The summed E-state index contributed by atoms with van der Waals surface area (Å²) >= 11 is 0. The van der Waals surface area contributed by atoms with Crippen molar-refractivity contribution in [1.82, 2.24) is 0 Å². The lowest BCUT2D eigenvalue weighted by Gasteiger charge is -2.10. The lowest BCUT2D eigenvalue weighted by Crippen LogP contribution is -2.31. The van der Waals surface area contributed by atoms with Crippen LogP contribution in [0.4, 0.5) is 0 Å². The average molecular weight is 167 g/mol. The van der Waals surface area contributed by atoms with Crippen molar-refractivity contribution in [3.63, 3.8) is 0 Å². The van der Waals surface area contributed by atoms with Crippen LogP contribution in [0.2, 0.25) is 6.82 Å². The van der Waals surface area contributed by atoms with Crippen molar-refractivity contribution in [3.8, 4) is 0 Å². The van der Waals surface area contributed by atoms with Crippen molar-refractivity contribution < 1.29 is 8.76 Å². The highest BCUT2D eigenvalue weighted by atomic mass is 32.2. The van der Waals surface area contributed by atoms with Crippen molar-refractivity contribution in [2.24, 2.45) is 0 Å². The summed E-state index contributed by atoms with van der Waals surface area (Å²) in [6, 6.07) is 9.14. The van der Waals surface area contributed by atoms with Crippen LogP contribution in [0.15, 0.2) is 30.3 Å². The van der Waals surface area contributed by atoms with Crippen LogP contribution in [0.3, 0.4) is 0 Å². The lowest BCUT2D eigenvalue weighted by molar-refractivity contribution is 0.551. The molecule has 0 aliphatic rings. The van der Waals surface area contributed by atoms with Gasteiger partial charge in [-0.3, -0.25) is 4.21 Å². The fourth-order valence-electron chi connectivity index (χ4n) is 0.835. The maximum absolute atomic E-state index is 10.5. The molecule has 0 radical (unpaired) electrons. The summed E-state index contributed by atoms with van der Waals surface area (Å²) in [4.78, 5) is 0. The Morgan fingerprint density at radius 1 is 1.36 bits per heavy atom. The van der Waals surface area contributed by atoms with Crippen molar-refractivity contribution in [3.05, 3.63) is 30.3 Å². The van der Waals surface area contributed by atoms with Crippen LogP contribution in [0.25, 0.3) is 0 Å². The van der Waals surface area contributed by atoms with Crippen LogP contribution >= 0.6 is 0 Å². The zero-order valence-corrected chi connectivity index (χ0v) is 7.01. The molecule has 0 aromatic heterocycles. The SMILES string of the molecule is CB(c1ccccc1)S(=O)[O-]. The summed E-state index contributed by atoms with van der Waals surface area (Å²) in [5.74, 6) is -0.406. The minimum absolute atomic E-state index is 0.406. The molecule has 1 unspecified atom stereocenters. The van der Waals surface area contributed by atoms with Gasteiger partial charge < -0.3 is 4.55 Å². The van der Waals surface area contributed by atoms with Gasteiger partial charge in [0.05, 0.1) is 0 Å². The van der Waals surface area contributed by atoms with Crippen molar-refractivity contribution in [2.75, 3.05) is 0 Å². The standard InChI is InChI=1S/C7H9BO2S/c1-8(11(9)10)7-5-3-2-4-6-7/h2-6H,1H3,(H,9,10)/p-1. The molecule has 0 aliphatic carbocycles. The molecule has 0 aliphatic heterocycles. The zero-order chi connectivity index (χ0) is 8.27. The van der Waals surface area contributed by atoms with Crippen LogP contribution in [-0.2, 0) is 10.9 Å². The van der Waals surface area contributed by atoms with Gasteiger partial charge in [0.25, 0.3) is 5.99 Å². The van der Waals surface area contributed by atoms with Gasteiger partial charge in [0.2, 0.25) is 0 Å². The van der Waals surface area contributed by atoms with Gasteiger partial charge in [-0.2, -0.15) is 0 Å². The van der Waals surface area contributed by atoms with Crippen molar-refractivity contribution >= 4 is 22.4 Å². The van der Waals surface area contributed by atoms with E-state index in [2.05, 4.69) is 0 Å². The Morgan fingerprint density at radius 2 is 1.91 bits per heavy atom. The molecule has 4 heteroatoms. The van der Waals surface area contributed by atoms with E-state index in [1.54, 1.807) is 19.0 Å². The predicted molar refractivity (Wildman–Crippen MR) is 46.6 cm³/mol. The van der Waals surface area contributed by atoms with Crippen LogP contribution in [-0.4, -0.2) is 14.8 Å². The Bertz CT molecular complexity index is 250. The van der Waals surface area contributed by atoms with Gasteiger partial charge in [0, 0.05) is 0 Å². The predicted octanol–water partition coefficient (Wildman–Crippen LogP) is 0.394. The molecule has 0 bridgehead atoms. The molecule has 58 valence electrons. The third-order valence-corrected chi connectivity index (χ3v) is 2.41. The van der Waals surface area contributed by atoms with E-state index in [-0.39, 0.29) is 0 Å². The molecule has 0 amide bonds. The third kappa shape index (κ3) is 2.17. The molecule has 11 heavy (non-hydrogen) atoms. The number of hydrogen-bond acceptors (Lipinski definition) is 2. The molecule has 0 saturated carbocycles. The third-order valence-electron chi connectivity index (χ3n) is 1.56. The number of rotatable bonds is 2. The first-order chi connectivity index (χ1) is 5.22. The summed E-state index contributed by atoms with van der Waals surface area (Å²) < 4.78 is 21.0. The minimum atomic E-state index is -2.01. The quantitative estimate of drug-likeness (QED) is 0.472. The Morgan fingerprint density at radius 3 is 2.36 bits per heavy atom. The van der Waals surface area contributed by atoms with E-state index in [1.807, 2.05) is 18.2 Å². The van der Waals surface area contributed by atoms with E-state index < -0.39 is 16.9 Å². The fraction of sp³-hybridized carbons (Fsp3) is 0.143. The first kappa shape index (κ1) is 8.49. The van der Waals surface area contributed by atoms with Crippen molar-refractivity contribution in [2.45, 2.75) is 6.82 Å². The van der Waals surface area contributed by atoms with Gasteiger partial charge >= 0.3 is 0 Å². The van der Waals surface area contributed by atoms with Gasteiger partial charge in [-0.15, -0.1) is 0 Å². The highest BCUT2D eigenvalue weighted by Crippen LogP contribution is 1.90. The first-order valence-electron chi connectivity index (χ1n) is 3.35. The number of hydrogen-bond donors (Lipinski definition) is 0. The second-order valence-corrected chi connectivity index (χ2v) is 3.54. The van der Waals surface area contributed by atoms with Gasteiger partial charge in [0.1, 0.15) is 0 Å². The summed E-state index contributed by atoms with van der Waals surface area (Å²) in [5, 5.41) is 0. The Kier molecular flexibility index (Phi) is 2.85. The average Bonchev–Trinajstić information content (AvgIpc) is 2.05. The topological polar surface area (TPSA) is 40.1 Å². The normalized spacial score (nSPS) is 12.5. The Balaban J connectivity index is 2.85. The van der Waals surface area contributed by atoms with Gasteiger partial charge in [0.15, 0.2) is 0 Å². The maximum Gasteiger partial charge on any atom is 0.262 e. The van der Waals surface area contributed by atoms with E-state index in [0.29, 0.717) is 0 Å². The van der Waals surface area contributed by atoms with Crippen LogP contribution in [0.5, 0.6) is 0 Å². The smallest absolute Gasteiger partial charge is 0.262 e. The van der Waals surface area contributed by atoms with E-state index in [4.69, 9.17) is 0 Å². The zero-order valence-electron chi connectivity index (χ0n) is 6.19. The largest absolute Gasteiger partial charge is 0.781 e. The summed E-state index contributed by atoms with van der Waals surface area (Å²) in [6.07, 6.45) is 0. The van der Waals surface area contributed by atoms with E-state index in [1.165, 1.54) is 0 Å². The molecule has 1 aromatic carbocycles. The molecule has 0 spiro atoms. The van der Waals surface area contributed by atoms with Crippen LogP contribution in [0, 0.1) is 0 Å². The highest BCUT2D eigenvalue weighted by Gasteiger charge is 2.08. The molecule has 1 rings (SSSR count). The molecule has 0 saturated heterocycles. The monoisotopic (exact) mass is 167 g/mol. The number of benzene rings is 1. The Labute approximate surface area is 68.9 Å². The van der Waals surface area contributed by atoms with Crippen LogP contribution in [0.1, 0.15) is 0 Å². The molecule has 0 N–H and O–H groups in total. The lowest BCUT2D eigenvalue weighted by atomic mass is 9.71. The fourth-order valence-corrected chi connectivity index (χ4v) is 1.21. The summed E-state index contributed by atoms with van der Waals surface area (Å²) in [7, 11) is -2.01. The van der Waals surface area contributed by atoms with Gasteiger partial charge in [-0.25, -0.2) is 0 Å². The van der Waals surface area contributed by atoms with E-state index in [9.17, 15) is 8.76 Å². The van der Waals surface area contributed by atoms with Gasteiger partial charge in [-0.05, 0) is 0 Å². The maximum atomic E-state index is 10.5. The molecule has 1 aromatic rings. The molecule has 0 heterocycles. The van der Waals surface area contributed by atoms with E-state index in [0.717, 1.165) is 5.46 Å². The summed E-state index contributed by atoms with van der Waals surface area (Å²) in [5.41, 5.74) is 0.834. The molecule has 1 atom stereocenters. The second-order valence-electron chi connectivity index (χ2n) is 2.31. The second kappa shape index (κ2) is 3.69. The molecule has 2 nitrogen and oxygen atoms in total.